The minimum Gasteiger partial charge on any atom is -0.350 e. The quantitative estimate of drug-likeness (QED) is 0.715. The highest BCUT2D eigenvalue weighted by atomic mass is 32.2. The lowest BCUT2D eigenvalue weighted by molar-refractivity contribution is 0.211. The monoisotopic (exact) mass is 220 g/mol. The molecule has 1 atom stereocenters. The van der Waals surface area contributed by atoms with E-state index in [1.165, 1.54) is 5.01 Å². The van der Waals surface area contributed by atoms with E-state index >= 15 is 0 Å². The number of hydrogen-bond donors (Lipinski definition) is 1. The molecule has 2 N–H and O–H groups in total. The van der Waals surface area contributed by atoms with E-state index < -0.39 is 6.03 Å². The normalized spacial score (nSPS) is 21.7. The summed E-state index contributed by atoms with van der Waals surface area (Å²) in [5.74, 6) is 0. The molecule has 2 aliphatic rings. The van der Waals surface area contributed by atoms with E-state index in [0.29, 0.717) is 0 Å². The zero-order valence-corrected chi connectivity index (χ0v) is 8.52. The third-order valence-electron chi connectivity index (χ3n) is 2.35. The van der Waals surface area contributed by atoms with E-state index in [9.17, 15) is 4.79 Å². The summed E-state index contributed by atoms with van der Waals surface area (Å²) >= 11 is 1.57. The molecule has 0 unspecified atom stereocenters. The molecule has 0 aliphatic carbocycles. The maximum Gasteiger partial charge on any atom is 0.338 e. The van der Waals surface area contributed by atoms with E-state index in [2.05, 4.69) is 5.10 Å². The van der Waals surface area contributed by atoms with E-state index in [4.69, 9.17) is 5.73 Å². The number of para-hydroxylation sites is 1. The maximum atomic E-state index is 11.1. The van der Waals surface area contributed by atoms with Crippen molar-refractivity contribution in [3.63, 3.8) is 0 Å². The number of anilines is 1. The number of hydrazone groups is 1. The fourth-order valence-electron chi connectivity index (χ4n) is 1.68. The SMILES string of the molecule is NC(=O)N1N=CN2c3ccccc3S[C@@H]12. The smallest absolute Gasteiger partial charge is 0.338 e. The molecular weight excluding hydrogens is 212 g/mol. The Bertz CT molecular complexity index is 461. The summed E-state index contributed by atoms with van der Waals surface area (Å²) in [7, 11) is 0. The molecule has 1 aromatic rings. The van der Waals surface area contributed by atoms with Crippen LogP contribution in [0.25, 0.3) is 0 Å². The van der Waals surface area contributed by atoms with Crippen molar-refractivity contribution in [2.45, 2.75) is 10.4 Å². The van der Waals surface area contributed by atoms with Crippen LogP contribution in [0.4, 0.5) is 10.5 Å². The third kappa shape index (κ3) is 1.11. The molecule has 2 heterocycles. The number of nitrogens with zero attached hydrogens (tertiary/aromatic N) is 3. The van der Waals surface area contributed by atoms with Gasteiger partial charge in [-0.2, -0.15) is 10.1 Å². The first-order chi connectivity index (χ1) is 7.27. The summed E-state index contributed by atoms with van der Waals surface area (Å²) in [6.07, 6.45) is 1.63. The number of carbonyl (C=O) groups is 1. The second kappa shape index (κ2) is 2.90. The number of hydrogen-bond acceptors (Lipinski definition) is 4. The number of carbonyl (C=O) groups excluding carboxylic acids is 1. The fraction of sp³-hybridized carbons (Fsp3) is 0.111. The van der Waals surface area contributed by atoms with Crippen LogP contribution >= 0.6 is 11.8 Å². The Morgan fingerprint density at radius 1 is 1.47 bits per heavy atom. The largest absolute Gasteiger partial charge is 0.350 e. The van der Waals surface area contributed by atoms with Crippen LogP contribution in [0.2, 0.25) is 0 Å². The number of benzene rings is 1. The van der Waals surface area contributed by atoms with Gasteiger partial charge in [-0.3, -0.25) is 4.90 Å². The van der Waals surface area contributed by atoms with Gasteiger partial charge in [0.1, 0.15) is 6.34 Å². The van der Waals surface area contributed by atoms with Crippen molar-refractivity contribution in [2.75, 3.05) is 4.90 Å². The van der Waals surface area contributed by atoms with Crippen molar-refractivity contribution < 1.29 is 4.79 Å². The van der Waals surface area contributed by atoms with Gasteiger partial charge in [-0.1, -0.05) is 23.9 Å². The third-order valence-corrected chi connectivity index (χ3v) is 3.59. The Labute approximate surface area is 90.5 Å². The summed E-state index contributed by atoms with van der Waals surface area (Å²) in [5, 5.41) is 5.24. The summed E-state index contributed by atoms with van der Waals surface area (Å²) in [5.41, 5.74) is 6.14. The maximum absolute atomic E-state index is 11.1. The van der Waals surface area contributed by atoms with Crippen LogP contribution in [0.1, 0.15) is 0 Å². The van der Waals surface area contributed by atoms with Gasteiger partial charge in [0, 0.05) is 4.90 Å². The molecule has 0 aromatic heterocycles. The second-order valence-electron chi connectivity index (χ2n) is 3.23. The van der Waals surface area contributed by atoms with E-state index in [0.717, 1.165) is 10.6 Å². The number of primary amides is 1. The van der Waals surface area contributed by atoms with Gasteiger partial charge in [-0.25, -0.2) is 4.79 Å². The molecule has 0 bridgehead atoms. The highest BCUT2D eigenvalue weighted by Crippen LogP contribution is 2.45. The van der Waals surface area contributed by atoms with Crippen LogP contribution in [0.15, 0.2) is 34.3 Å². The van der Waals surface area contributed by atoms with Gasteiger partial charge in [0.2, 0.25) is 0 Å². The van der Waals surface area contributed by atoms with Crippen molar-refractivity contribution in [3.8, 4) is 0 Å². The van der Waals surface area contributed by atoms with E-state index in [1.807, 2.05) is 29.2 Å². The topological polar surface area (TPSA) is 61.9 Å². The molecule has 0 saturated carbocycles. The molecule has 3 rings (SSSR count). The van der Waals surface area contributed by atoms with Crippen LogP contribution in [0.5, 0.6) is 0 Å². The minimum absolute atomic E-state index is 0.153. The molecule has 5 nitrogen and oxygen atoms in total. The van der Waals surface area contributed by atoms with Gasteiger partial charge in [0.15, 0.2) is 5.50 Å². The molecule has 0 saturated heterocycles. The summed E-state index contributed by atoms with van der Waals surface area (Å²) < 4.78 is 0. The summed E-state index contributed by atoms with van der Waals surface area (Å²) in [6.45, 7) is 0. The zero-order valence-electron chi connectivity index (χ0n) is 7.70. The Morgan fingerprint density at radius 3 is 3.07 bits per heavy atom. The van der Waals surface area contributed by atoms with Crippen molar-refractivity contribution in [3.05, 3.63) is 24.3 Å². The Morgan fingerprint density at radius 2 is 2.27 bits per heavy atom. The molecular formula is C9H8N4OS. The molecule has 76 valence electrons. The highest BCUT2D eigenvalue weighted by molar-refractivity contribution is 8.00. The van der Waals surface area contributed by atoms with Crippen LogP contribution in [-0.2, 0) is 0 Å². The number of amides is 2. The first kappa shape index (κ1) is 8.60. The molecule has 1 aromatic carbocycles. The molecule has 2 aliphatic heterocycles. The highest BCUT2D eigenvalue weighted by Gasteiger charge is 2.39. The van der Waals surface area contributed by atoms with Crippen molar-refractivity contribution in [2.24, 2.45) is 10.8 Å². The average molecular weight is 220 g/mol. The molecule has 2 amide bonds. The Balaban J connectivity index is 2.01. The number of fused-ring (bicyclic) bond motifs is 3. The van der Waals surface area contributed by atoms with Crippen LogP contribution in [-0.4, -0.2) is 22.9 Å². The van der Waals surface area contributed by atoms with Gasteiger partial charge in [-0.05, 0) is 12.1 Å². The predicted octanol–water partition coefficient (Wildman–Crippen LogP) is 1.22. The van der Waals surface area contributed by atoms with Gasteiger partial charge in [-0.15, -0.1) is 0 Å². The van der Waals surface area contributed by atoms with Gasteiger partial charge in [0.25, 0.3) is 0 Å². The summed E-state index contributed by atoms with van der Waals surface area (Å²) in [6, 6.07) is 7.42. The van der Waals surface area contributed by atoms with E-state index in [1.54, 1.807) is 18.1 Å². The van der Waals surface area contributed by atoms with Crippen molar-refractivity contribution in [1.29, 1.82) is 0 Å². The number of thioether (sulfide) groups is 1. The Hall–Kier alpha value is -1.69. The average Bonchev–Trinajstić information content (AvgIpc) is 2.74. The second-order valence-corrected chi connectivity index (χ2v) is 4.33. The lowest BCUT2D eigenvalue weighted by Gasteiger charge is -2.19. The fourth-order valence-corrected chi connectivity index (χ4v) is 2.90. The molecule has 0 fully saturated rings. The lowest BCUT2D eigenvalue weighted by atomic mass is 10.3. The van der Waals surface area contributed by atoms with Gasteiger partial charge >= 0.3 is 6.03 Å². The first-order valence-corrected chi connectivity index (χ1v) is 5.32. The van der Waals surface area contributed by atoms with Crippen LogP contribution < -0.4 is 10.6 Å². The van der Waals surface area contributed by atoms with Gasteiger partial charge in [0.05, 0.1) is 5.69 Å². The van der Waals surface area contributed by atoms with Crippen molar-refractivity contribution >= 4 is 29.8 Å². The van der Waals surface area contributed by atoms with Crippen LogP contribution in [0, 0.1) is 0 Å². The van der Waals surface area contributed by atoms with Crippen LogP contribution in [0.3, 0.4) is 0 Å². The number of nitrogens with two attached hydrogens (primary N) is 1. The predicted molar refractivity (Wildman–Crippen MR) is 58.5 cm³/mol. The number of rotatable bonds is 0. The molecule has 0 spiro atoms. The number of urea groups is 1. The summed E-state index contributed by atoms with van der Waals surface area (Å²) in [4.78, 5) is 14.2. The Kier molecular flexibility index (Phi) is 1.66. The zero-order chi connectivity index (χ0) is 10.4. The molecule has 6 heteroatoms. The first-order valence-electron chi connectivity index (χ1n) is 4.44. The standard InChI is InChI=1S/C9H8N4OS/c10-8(14)13-9-12(5-11-13)6-3-1-2-4-7(6)15-9/h1-5,9H,(H2,10,14)/t9-/m1/s1. The van der Waals surface area contributed by atoms with Gasteiger partial charge < -0.3 is 5.73 Å². The van der Waals surface area contributed by atoms with Crippen molar-refractivity contribution in [1.82, 2.24) is 5.01 Å². The molecule has 15 heavy (non-hydrogen) atoms. The minimum atomic E-state index is -0.529. The lowest BCUT2D eigenvalue weighted by Crippen LogP contribution is -2.40. The van der Waals surface area contributed by atoms with E-state index in [-0.39, 0.29) is 5.50 Å². The molecule has 0 radical (unpaired) electrons.